The van der Waals surface area contributed by atoms with Gasteiger partial charge in [-0.3, -0.25) is 9.78 Å². The third kappa shape index (κ3) is 3.44. The number of hydrogen-bond donors (Lipinski definition) is 2. The van der Waals surface area contributed by atoms with Crippen LogP contribution in [-0.4, -0.2) is 26.6 Å². The van der Waals surface area contributed by atoms with Crippen LogP contribution in [0.3, 0.4) is 0 Å². The van der Waals surface area contributed by atoms with Gasteiger partial charge >= 0.3 is 5.97 Å². The van der Waals surface area contributed by atoms with Gasteiger partial charge in [-0.2, -0.15) is 11.0 Å². The van der Waals surface area contributed by atoms with Crippen LogP contribution in [0.5, 0.6) is 0 Å². The lowest BCUT2D eigenvalue weighted by Gasteiger charge is -2.08. The number of pyridine rings is 1. The highest BCUT2D eigenvalue weighted by atomic mass is 16.7. The molecule has 1 amide bonds. The molecule has 0 aliphatic carbocycles. The number of nitrogens with zero attached hydrogens (tertiary/aromatic N) is 3. The third-order valence-electron chi connectivity index (χ3n) is 5.15. The molecule has 5 aromatic rings. The van der Waals surface area contributed by atoms with E-state index in [2.05, 4.69) is 20.2 Å². The number of amides is 1. The molecule has 2 aromatic heterocycles. The number of carbonyl (C=O) groups is 2. The van der Waals surface area contributed by atoms with Crippen LogP contribution in [0.4, 0.5) is 5.69 Å². The second-order valence-electron chi connectivity index (χ2n) is 7.10. The molecule has 3 N–H and O–H groups in total. The number of nitrogens with one attached hydrogen (secondary N) is 1. The van der Waals surface area contributed by atoms with Gasteiger partial charge in [0.25, 0.3) is 5.91 Å². The van der Waals surface area contributed by atoms with Crippen molar-refractivity contribution in [2.75, 3.05) is 5.32 Å². The van der Waals surface area contributed by atoms with Crippen molar-refractivity contribution in [3.8, 4) is 5.69 Å². The van der Waals surface area contributed by atoms with Gasteiger partial charge in [0.15, 0.2) is 0 Å². The number of carbonyl (C=O) groups excluding carboxylic acids is 2. The van der Waals surface area contributed by atoms with Crippen LogP contribution >= 0.6 is 0 Å². The predicted molar refractivity (Wildman–Crippen MR) is 120 cm³/mol. The molecule has 2 heterocycles. The topological polar surface area (TPSA) is 112 Å². The predicted octanol–water partition coefficient (Wildman–Crippen LogP) is 3.86. The zero-order chi connectivity index (χ0) is 22.1. The first-order valence-electron chi connectivity index (χ1n) is 9.79. The molecule has 0 atom stereocenters. The Kier molecular flexibility index (Phi) is 4.81. The molecule has 0 fully saturated rings. The standard InChI is InChI=1S/C24H17N5O3/c25-32-24(31)20-6-3-4-15-14-29(28-22(15)20)17-10-8-16(9-11-17)27-23(30)19-12-13-26-21-7-2-1-5-18(19)21/h1-14H,25H2,(H,27,30). The first kappa shape index (κ1) is 19.4. The number of nitrogens with two attached hydrogens (primary N) is 1. The zero-order valence-corrected chi connectivity index (χ0v) is 16.7. The van der Waals surface area contributed by atoms with Gasteiger partial charge in [0.05, 0.1) is 22.3 Å². The molecule has 8 nitrogen and oxygen atoms in total. The Morgan fingerprint density at radius 1 is 0.906 bits per heavy atom. The number of benzene rings is 3. The van der Waals surface area contributed by atoms with Gasteiger partial charge in [-0.15, -0.1) is 0 Å². The van der Waals surface area contributed by atoms with Crippen LogP contribution in [0, 0.1) is 0 Å². The van der Waals surface area contributed by atoms with E-state index in [-0.39, 0.29) is 11.5 Å². The van der Waals surface area contributed by atoms with Crippen LogP contribution in [-0.2, 0) is 4.84 Å². The minimum Gasteiger partial charge on any atom is -0.370 e. The van der Waals surface area contributed by atoms with E-state index in [1.807, 2.05) is 42.5 Å². The second kappa shape index (κ2) is 7.93. The summed E-state index contributed by atoms with van der Waals surface area (Å²) in [5.74, 6) is 4.15. The lowest BCUT2D eigenvalue weighted by molar-refractivity contribution is 0.0505. The molecule has 5 rings (SSSR count). The fraction of sp³-hybridized carbons (Fsp3) is 0. The zero-order valence-electron chi connectivity index (χ0n) is 16.7. The van der Waals surface area contributed by atoms with Gasteiger partial charge in [0, 0.05) is 28.9 Å². The first-order chi connectivity index (χ1) is 15.6. The van der Waals surface area contributed by atoms with Crippen molar-refractivity contribution in [3.63, 3.8) is 0 Å². The van der Waals surface area contributed by atoms with Gasteiger partial charge < -0.3 is 10.2 Å². The summed E-state index contributed by atoms with van der Waals surface area (Å²) in [5, 5.41) is 8.97. The third-order valence-corrected chi connectivity index (χ3v) is 5.15. The number of anilines is 1. The van der Waals surface area contributed by atoms with E-state index in [4.69, 9.17) is 5.90 Å². The SMILES string of the molecule is NOC(=O)c1cccc2cn(-c3ccc(NC(=O)c4ccnc5ccccc45)cc3)nc12. The summed E-state index contributed by atoms with van der Waals surface area (Å²) in [6.45, 7) is 0. The maximum atomic E-state index is 12.8. The number of rotatable bonds is 4. The Morgan fingerprint density at radius 2 is 1.72 bits per heavy atom. The van der Waals surface area contributed by atoms with E-state index in [0.717, 1.165) is 22.0 Å². The Hall–Kier alpha value is -4.56. The molecule has 0 bridgehead atoms. The number of aromatic nitrogens is 3. The number of hydrogen-bond acceptors (Lipinski definition) is 6. The van der Waals surface area contributed by atoms with Crippen LogP contribution in [0.25, 0.3) is 27.5 Å². The van der Waals surface area contributed by atoms with Gasteiger partial charge in [0.1, 0.15) is 5.52 Å². The van der Waals surface area contributed by atoms with Crippen molar-refractivity contribution < 1.29 is 14.4 Å². The smallest absolute Gasteiger partial charge is 0.358 e. The molecule has 0 unspecified atom stereocenters. The summed E-state index contributed by atoms with van der Waals surface area (Å²) in [6, 6.07) is 21.6. The summed E-state index contributed by atoms with van der Waals surface area (Å²) in [7, 11) is 0. The van der Waals surface area contributed by atoms with E-state index >= 15 is 0 Å². The van der Waals surface area contributed by atoms with Gasteiger partial charge in [-0.1, -0.05) is 30.3 Å². The van der Waals surface area contributed by atoms with Crippen molar-refractivity contribution >= 4 is 39.4 Å². The van der Waals surface area contributed by atoms with Gasteiger partial charge in [-0.25, -0.2) is 9.48 Å². The Balaban J connectivity index is 1.41. The molecular weight excluding hydrogens is 406 g/mol. The summed E-state index contributed by atoms with van der Waals surface area (Å²) in [6.07, 6.45) is 3.43. The molecule has 0 aliphatic heterocycles. The second-order valence-corrected chi connectivity index (χ2v) is 7.10. The Morgan fingerprint density at radius 3 is 2.53 bits per heavy atom. The lowest BCUT2D eigenvalue weighted by atomic mass is 10.1. The maximum Gasteiger partial charge on any atom is 0.358 e. The normalized spacial score (nSPS) is 10.9. The van der Waals surface area contributed by atoms with E-state index in [1.54, 1.807) is 47.4 Å². The fourth-order valence-corrected chi connectivity index (χ4v) is 3.60. The minimum atomic E-state index is -0.650. The fourth-order valence-electron chi connectivity index (χ4n) is 3.60. The monoisotopic (exact) mass is 423 g/mol. The van der Waals surface area contributed by atoms with E-state index in [0.29, 0.717) is 16.8 Å². The van der Waals surface area contributed by atoms with Gasteiger partial charge in [0.2, 0.25) is 0 Å². The van der Waals surface area contributed by atoms with Crippen LogP contribution in [0.1, 0.15) is 20.7 Å². The van der Waals surface area contributed by atoms with Gasteiger partial charge in [-0.05, 0) is 42.5 Å². The Bertz CT molecular complexity index is 1470. The molecule has 8 heteroatoms. The molecular formula is C24H17N5O3. The highest BCUT2D eigenvalue weighted by Gasteiger charge is 2.15. The van der Waals surface area contributed by atoms with Crippen molar-refractivity contribution in [1.82, 2.24) is 14.8 Å². The van der Waals surface area contributed by atoms with E-state index in [1.165, 1.54) is 0 Å². The van der Waals surface area contributed by atoms with Crippen LogP contribution in [0.15, 0.2) is 85.2 Å². The average molecular weight is 423 g/mol. The highest BCUT2D eigenvalue weighted by molar-refractivity contribution is 6.12. The first-order valence-corrected chi connectivity index (χ1v) is 9.79. The number of para-hydroxylation sites is 1. The van der Waals surface area contributed by atoms with E-state index in [9.17, 15) is 9.59 Å². The van der Waals surface area contributed by atoms with Crippen molar-refractivity contribution in [3.05, 3.63) is 96.3 Å². The summed E-state index contributed by atoms with van der Waals surface area (Å²) in [4.78, 5) is 33.3. The minimum absolute atomic E-state index is 0.217. The van der Waals surface area contributed by atoms with E-state index < -0.39 is 5.97 Å². The Labute approximate surface area is 182 Å². The lowest BCUT2D eigenvalue weighted by Crippen LogP contribution is -2.12. The highest BCUT2D eigenvalue weighted by Crippen LogP contribution is 2.22. The van der Waals surface area contributed by atoms with Crippen molar-refractivity contribution in [2.45, 2.75) is 0 Å². The quantitative estimate of drug-likeness (QED) is 0.425. The number of fused-ring (bicyclic) bond motifs is 2. The van der Waals surface area contributed by atoms with Crippen molar-refractivity contribution in [1.29, 1.82) is 0 Å². The summed E-state index contributed by atoms with van der Waals surface area (Å²) < 4.78 is 1.65. The molecule has 0 radical (unpaired) electrons. The van der Waals surface area contributed by atoms with Crippen LogP contribution < -0.4 is 11.2 Å². The molecule has 0 saturated carbocycles. The van der Waals surface area contributed by atoms with Crippen molar-refractivity contribution in [2.24, 2.45) is 5.90 Å². The molecule has 0 spiro atoms. The van der Waals surface area contributed by atoms with Crippen LogP contribution in [0.2, 0.25) is 0 Å². The maximum absolute atomic E-state index is 12.8. The molecule has 156 valence electrons. The molecule has 32 heavy (non-hydrogen) atoms. The summed E-state index contributed by atoms with van der Waals surface area (Å²) >= 11 is 0. The molecule has 0 aliphatic rings. The average Bonchev–Trinajstić information content (AvgIpc) is 3.28. The largest absolute Gasteiger partial charge is 0.370 e. The molecule has 0 saturated heterocycles. The summed E-state index contributed by atoms with van der Waals surface area (Å²) in [5.41, 5.74) is 3.50. The molecule has 3 aromatic carbocycles.